The molecule has 4 nitrogen and oxygen atoms in total. The molecule has 0 aromatic heterocycles. The van der Waals surface area contributed by atoms with Crippen LogP contribution in [0.4, 0.5) is 0 Å². The first-order chi connectivity index (χ1) is 7.70. The Balaban J connectivity index is 1.64. The van der Waals surface area contributed by atoms with E-state index in [9.17, 15) is 4.79 Å². The summed E-state index contributed by atoms with van der Waals surface area (Å²) in [6.07, 6.45) is 2.49. The molecule has 1 aliphatic heterocycles. The molecule has 2 aliphatic rings. The predicted molar refractivity (Wildman–Crippen MR) is 64.3 cm³/mol. The van der Waals surface area contributed by atoms with Gasteiger partial charge in [-0.15, -0.1) is 0 Å². The minimum absolute atomic E-state index is 0.273. The zero-order chi connectivity index (χ0) is 11.5. The number of nitrogens with zero attached hydrogens (tertiary/aromatic N) is 2. The van der Waals surface area contributed by atoms with Crippen molar-refractivity contribution in [1.82, 2.24) is 15.1 Å². The molecule has 16 heavy (non-hydrogen) atoms. The van der Waals surface area contributed by atoms with Gasteiger partial charge in [-0.2, -0.15) is 0 Å². The van der Waals surface area contributed by atoms with Crippen molar-refractivity contribution in [3.8, 4) is 0 Å². The van der Waals surface area contributed by atoms with Crippen LogP contribution in [0.15, 0.2) is 0 Å². The first-order valence-corrected chi connectivity index (χ1v) is 6.40. The lowest BCUT2D eigenvalue weighted by molar-refractivity contribution is -0.131. The van der Waals surface area contributed by atoms with Crippen molar-refractivity contribution >= 4 is 5.91 Å². The van der Waals surface area contributed by atoms with E-state index in [0.717, 1.165) is 32.1 Å². The lowest BCUT2D eigenvalue weighted by atomic mass is 10.3. The van der Waals surface area contributed by atoms with Gasteiger partial charge in [-0.25, -0.2) is 0 Å². The molecule has 2 unspecified atom stereocenters. The molecule has 0 aromatic rings. The summed E-state index contributed by atoms with van der Waals surface area (Å²) in [4.78, 5) is 16.1. The van der Waals surface area contributed by atoms with Crippen LogP contribution in [0.3, 0.4) is 0 Å². The fraction of sp³-hybridized carbons (Fsp3) is 0.917. The number of hydrogen-bond donors (Lipinski definition) is 1. The Labute approximate surface area is 98.0 Å². The van der Waals surface area contributed by atoms with Crippen molar-refractivity contribution < 1.29 is 4.79 Å². The molecule has 2 atom stereocenters. The number of rotatable bonds is 4. The normalized spacial score (nSPS) is 30.5. The maximum absolute atomic E-state index is 11.9. The molecule has 1 saturated carbocycles. The van der Waals surface area contributed by atoms with Gasteiger partial charge in [0.05, 0.1) is 6.54 Å². The highest BCUT2D eigenvalue weighted by molar-refractivity contribution is 5.78. The third-order valence-corrected chi connectivity index (χ3v) is 3.82. The van der Waals surface area contributed by atoms with Crippen molar-refractivity contribution in [2.75, 3.05) is 39.8 Å². The van der Waals surface area contributed by atoms with Crippen molar-refractivity contribution in [2.24, 2.45) is 5.92 Å². The largest absolute Gasteiger partial charge is 0.339 e. The number of carbonyl (C=O) groups excluding carboxylic acids is 1. The molecule has 1 N–H and O–H groups in total. The standard InChI is InChI=1S/C12H23N3O/c1-3-10-8-11(10)13-9-12(16)15-6-4-14(2)5-7-15/h10-11,13H,3-9H2,1-2H3. The van der Waals surface area contributed by atoms with Gasteiger partial charge in [-0.05, 0) is 19.4 Å². The van der Waals surface area contributed by atoms with E-state index in [1.165, 1.54) is 12.8 Å². The van der Waals surface area contributed by atoms with E-state index in [4.69, 9.17) is 0 Å². The zero-order valence-corrected chi connectivity index (χ0v) is 10.4. The second-order valence-electron chi connectivity index (χ2n) is 5.08. The molecule has 1 heterocycles. The van der Waals surface area contributed by atoms with Gasteiger partial charge in [0.1, 0.15) is 0 Å². The van der Waals surface area contributed by atoms with Gasteiger partial charge in [-0.1, -0.05) is 13.3 Å². The Hall–Kier alpha value is -0.610. The first kappa shape index (κ1) is 11.9. The molecule has 0 bridgehead atoms. The molecule has 0 spiro atoms. The number of hydrogen-bond acceptors (Lipinski definition) is 3. The fourth-order valence-electron chi connectivity index (χ4n) is 2.33. The molecule has 0 aromatic carbocycles. The fourth-order valence-corrected chi connectivity index (χ4v) is 2.33. The topological polar surface area (TPSA) is 35.6 Å². The van der Waals surface area contributed by atoms with Crippen LogP contribution in [0.2, 0.25) is 0 Å². The van der Waals surface area contributed by atoms with Crippen LogP contribution < -0.4 is 5.32 Å². The van der Waals surface area contributed by atoms with Gasteiger partial charge in [0, 0.05) is 32.2 Å². The Bertz CT molecular complexity index is 249. The average molecular weight is 225 g/mol. The van der Waals surface area contributed by atoms with E-state index < -0.39 is 0 Å². The molecule has 2 fully saturated rings. The van der Waals surface area contributed by atoms with Crippen molar-refractivity contribution in [1.29, 1.82) is 0 Å². The van der Waals surface area contributed by atoms with Crippen LogP contribution in [-0.2, 0) is 4.79 Å². The quantitative estimate of drug-likeness (QED) is 0.740. The van der Waals surface area contributed by atoms with Gasteiger partial charge >= 0.3 is 0 Å². The van der Waals surface area contributed by atoms with E-state index in [-0.39, 0.29) is 5.91 Å². The highest BCUT2D eigenvalue weighted by Crippen LogP contribution is 2.32. The third kappa shape index (κ3) is 2.95. The highest BCUT2D eigenvalue weighted by atomic mass is 16.2. The number of likely N-dealkylation sites (N-methyl/N-ethyl adjacent to an activating group) is 1. The van der Waals surface area contributed by atoms with Crippen LogP contribution in [0.5, 0.6) is 0 Å². The van der Waals surface area contributed by atoms with E-state index in [0.29, 0.717) is 12.6 Å². The van der Waals surface area contributed by atoms with E-state index >= 15 is 0 Å². The minimum atomic E-state index is 0.273. The summed E-state index contributed by atoms with van der Waals surface area (Å²) in [7, 11) is 2.11. The van der Waals surface area contributed by atoms with Crippen molar-refractivity contribution in [3.05, 3.63) is 0 Å². The Morgan fingerprint density at radius 2 is 2.00 bits per heavy atom. The molecule has 4 heteroatoms. The van der Waals surface area contributed by atoms with Crippen LogP contribution in [0.1, 0.15) is 19.8 Å². The molecular weight excluding hydrogens is 202 g/mol. The minimum Gasteiger partial charge on any atom is -0.339 e. The monoisotopic (exact) mass is 225 g/mol. The molecule has 1 aliphatic carbocycles. The summed E-state index contributed by atoms with van der Waals surface area (Å²) in [5, 5.41) is 3.36. The first-order valence-electron chi connectivity index (χ1n) is 6.40. The number of piperazine rings is 1. The summed E-state index contributed by atoms with van der Waals surface area (Å²) in [5.41, 5.74) is 0. The molecule has 1 amide bonds. The maximum Gasteiger partial charge on any atom is 0.236 e. The van der Waals surface area contributed by atoms with Crippen molar-refractivity contribution in [3.63, 3.8) is 0 Å². The zero-order valence-electron chi connectivity index (χ0n) is 10.4. The van der Waals surface area contributed by atoms with Crippen LogP contribution in [-0.4, -0.2) is 61.5 Å². The lowest BCUT2D eigenvalue weighted by Gasteiger charge is -2.32. The summed E-state index contributed by atoms with van der Waals surface area (Å²) in [5.74, 6) is 1.09. The highest BCUT2D eigenvalue weighted by Gasteiger charge is 2.35. The van der Waals surface area contributed by atoms with E-state index in [1.54, 1.807) is 0 Å². The van der Waals surface area contributed by atoms with Gasteiger partial charge < -0.3 is 15.1 Å². The second kappa shape index (κ2) is 5.15. The Morgan fingerprint density at radius 1 is 1.31 bits per heavy atom. The third-order valence-electron chi connectivity index (χ3n) is 3.82. The molecular formula is C12H23N3O. The summed E-state index contributed by atoms with van der Waals surface area (Å²) in [6, 6.07) is 0.612. The summed E-state index contributed by atoms with van der Waals surface area (Å²) < 4.78 is 0. The number of carbonyl (C=O) groups is 1. The van der Waals surface area contributed by atoms with E-state index in [2.05, 4.69) is 24.2 Å². The predicted octanol–water partition coefficient (Wildman–Crippen LogP) is 0.149. The number of nitrogens with one attached hydrogen (secondary N) is 1. The SMILES string of the molecule is CCC1CC1NCC(=O)N1CCN(C)CC1. The molecule has 0 radical (unpaired) electrons. The molecule has 1 saturated heterocycles. The van der Waals surface area contributed by atoms with Gasteiger partial charge in [0.15, 0.2) is 0 Å². The molecule has 2 rings (SSSR count). The lowest BCUT2D eigenvalue weighted by Crippen LogP contribution is -2.49. The van der Waals surface area contributed by atoms with Crippen LogP contribution in [0, 0.1) is 5.92 Å². The molecule has 92 valence electrons. The average Bonchev–Trinajstić information content (AvgIpc) is 3.05. The van der Waals surface area contributed by atoms with Gasteiger partial charge in [0.2, 0.25) is 5.91 Å². The number of amides is 1. The summed E-state index contributed by atoms with van der Waals surface area (Å²) >= 11 is 0. The van der Waals surface area contributed by atoms with Crippen molar-refractivity contribution in [2.45, 2.75) is 25.8 Å². The smallest absolute Gasteiger partial charge is 0.236 e. The van der Waals surface area contributed by atoms with Crippen LogP contribution in [0.25, 0.3) is 0 Å². The maximum atomic E-state index is 11.9. The van der Waals surface area contributed by atoms with Crippen LogP contribution >= 0.6 is 0 Å². The Kier molecular flexibility index (Phi) is 3.82. The van der Waals surface area contributed by atoms with Gasteiger partial charge in [-0.3, -0.25) is 4.79 Å². The second-order valence-corrected chi connectivity index (χ2v) is 5.08. The summed E-state index contributed by atoms with van der Waals surface area (Å²) in [6.45, 7) is 6.54. The van der Waals surface area contributed by atoms with E-state index in [1.807, 2.05) is 4.90 Å². The van der Waals surface area contributed by atoms with Gasteiger partial charge in [0.25, 0.3) is 0 Å². The Morgan fingerprint density at radius 3 is 2.56 bits per heavy atom.